The zero-order chi connectivity index (χ0) is 9.35. The fraction of sp³-hybridized carbons (Fsp3) is 0.875. The third kappa shape index (κ3) is 1.95. The van der Waals surface area contributed by atoms with Crippen LogP contribution in [-0.4, -0.2) is 43.4 Å². The average Bonchev–Trinajstić information content (AvgIpc) is 2.28. The van der Waals surface area contributed by atoms with Gasteiger partial charge in [-0.2, -0.15) is 0 Å². The topological polar surface area (TPSA) is 38.8 Å². The fourth-order valence-corrected chi connectivity index (χ4v) is 1.10. The molecular formula is C8H15NO3. The Morgan fingerprint density at radius 2 is 2.08 bits per heavy atom. The van der Waals surface area contributed by atoms with E-state index in [9.17, 15) is 4.79 Å². The largest absolute Gasteiger partial charge is 0.347 e. The van der Waals surface area contributed by atoms with Crippen molar-refractivity contribution < 1.29 is 14.3 Å². The molecule has 0 unspecified atom stereocenters. The Morgan fingerprint density at radius 3 is 2.42 bits per heavy atom. The Kier molecular flexibility index (Phi) is 2.39. The summed E-state index contributed by atoms with van der Waals surface area (Å²) in [5.74, 6) is -0.656. The quantitative estimate of drug-likeness (QED) is 0.569. The summed E-state index contributed by atoms with van der Waals surface area (Å²) in [6.07, 6.45) is -0.435. The van der Waals surface area contributed by atoms with Gasteiger partial charge in [0.05, 0.1) is 6.61 Å². The van der Waals surface area contributed by atoms with Crippen molar-refractivity contribution in [3.63, 3.8) is 0 Å². The average molecular weight is 173 g/mol. The summed E-state index contributed by atoms with van der Waals surface area (Å²) in [5, 5.41) is 0. The number of carbonyl (C=O) groups excluding carboxylic acids is 1. The molecule has 0 saturated carbocycles. The van der Waals surface area contributed by atoms with E-state index in [-0.39, 0.29) is 5.91 Å². The Bertz CT molecular complexity index is 189. The Balaban J connectivity index is 2.53. The second-order valence-electron chi connectivity index (χ2n) is 3.55. The summed E-state index contributed by atoms with van der Waals surface area (Å²) >= 11 is 0. The lowest BCUT2D eigenvalue weighted by atomic mass is 10.3. The first-order valence-corrected chi connectivity index (χ1v) is 3.95. The molecule has 1 heterocycles. The number of hydrogen-bond donors (Lipinski definition) is 0. The van der Waals surface area contributed by atoms with Gasteiger partial charge in [-0.05, 0) is 13.8 Å². The van der Waals surface area contributed by atoms with Crippen molar-refractivity contribution in [2.75, 3.05) is 20.7 Å². The van der Waals surface area contributed by atoms with Gasteiger partial charge >= 0.3 is 0 Å². The van der Waals surface area contributed by atoms with Gasteiger partial charge in [0.25, 0.3) is 5.91 Å². The molecule has 1 aliphatic heterocycles. The fourth-order valence-electron chi connectivity index (χ4n) is 1.10. The van der Waals surface area contributed by atoms with Crippen LogP contribution >= 0.6 is 0 Å². The highest BCUT2D eigenvalue weighted by molar-refractivity contribution is 5.80. The number of amides is 1. The summed E-state index contributed by atoms with van der Waals surface area (Å²) in [6, 6.07) is 0. The highest BCUT2D eigenvalue weighted by Gasteiger charge is 2.37. The summed E-state index contributed by atoms with van der Waals surface area (Å²) in [7, 11) is 3.41. The van der Waals surface area contributed by atoms with E-state index >= 15 is 0 Å². The molecule has 4 nitrogen and oxygen atoms in total. The van der Waals surface area contributed by atoms with Crippen LogP contribution in [0.4, 0.5) is 0 Å². The van der Waals surface area contributed by atoms with Crippen LogP contribution in [0.2, 0.25) is 0 Å². The molecule has 1 rings (SSSR count). The lowest BCUT2D eigenvalue weighted by Crippen LogP contribution is -2.36. The molecule has 0 spiro atoms. The van der Waals surface area contributed by atoms with Crippen molar-refractivity contribution in [2.24, 2.45) is 0 Å². The van der Waals surface area contributed by atoms with Crippen molar-refractivity contribution in [3.05, 3.63) is 0 Å². The molecule has 0 aromatic heterocycles. The SMILES string of the molecule is CN(C)C(=O)[C@@H]1COC(C)(C)O1. The van der Waals surface area contributed by atoms with E-state index in [1.165, 1.54) is 4.90 Å². The Morgan fingerprint density at radius 1 is 1.50 bits per heavy atom. The van der Waals surface area contributed by atoms with Gasteiger partial charge in [0, 0.05) is 14.1 Å². The molecule has 1 fully saturated rings. The predicted octanol–water partition coefficient (Wildman–Crippen LogP) is 0.226. The maximum Gasteiger partial charge on any atom is 0.253 e. The lowest BCUT2D eigenvalue weighted by Gasteiger charge is -2.18. The summed E-state index contributed by atoms with van der Waals surface area (Å²) < 4.78 is 10.6. The molecule has 1 atom stereocenters. The van der Waals surface area contributed by atoms with Gasteiger partial charge in [0.1, 0.15) is 0 Å². The molecule has 12 heavy (non-hydrogen) atoms. The van der Waals surface area contributed by atoms with Crippen molar-refractivity contribution in [3.8, 4) is 0 Å². The molecule has 0 aromatic carbocycles. The number of likely N-dealkylation sites (N-methyl/N-ethyl adjacent to an activating group) is 1. The van der Waals surface area contributed by atoms with Gasteiger partial charge in [0.15, 0.2) is 11.9 Å². The molecule has 70 valence electrons. The molecule has 0 N–H and O–H groups in total. The molecular weight excluding hydrogens is 158 g/mol. The standard InChI is InChI=1S/C8H15NO3/c1-8(2)11-5-6(12-8)7(10)9(3)4/h6H,5H2,1-4H3/t6-/m0/s1. The minimum atomic E-state index is -0.615. The van der Waals surface area contributed by atoms with Crippen LogP contribution in [0.3, 0.4) is 0 Å². The second kappa shape index (κ2) is 3.03. The highest BCUT2D eigenvalue weighted by atomic mass is 16.7. The van der Waals surface area contributed by atoms with E-state index in [1.54, 1.807) is 27.9 Å². The molecule has 0 aliphatic carbocycles. The van der Waals surface area contributed by atoms with Gasteiger partial charge in [-0.1, -0.05) is 0 Å². The normalized spacial score (nSPS) is 27.2. The van der Waals surface area contributed by atoms with Crippen molar-refractivity contribution in [1.82, 2.24) is 4.90 Å². The van der Waals surface area contributed by atoms with E-state index in [1.807, 2.05) is 0 Å². The smallest absolute Gasteiger partial charge is 0.253 e. The molecule has 0 radical (unpaired) electrons. The third-order valence-corrected chi connectivity index (χ3v) is 1.72. The summed E-state index contributed by atoms with van der Waals surface area (Å²) in [4.78, 5) is 12.9. The first kappa shape index (κ1) is 9.48. The van der Waals surface area contributed by atoms with Crippen LogP contribution in [0.25, 0.3) is 0 Å². The highest BCUT2D eigenvalue weighted by Crippen LogP contribution is 2.22. The number of hydrogen-bond acceptors (Lipinski definition) is 3. The van der Waals surface area contributed by atoms with Crippen LogP contribution in [0.5, 0.6) is 0 Å². The van der Waals surface area contributed by atoms with Crippen LogP contribution in [0.15, 0.2) is 0 Å². The minimum Gasteiger partial charge on any atom is -0.347 e. The zero-order valence-corrected chi connectivity index (χ0v) is 7.96. The first-order valence-electron chi connectivity index (χ1n) is 3.95. The number of nitrogens with zero attached hydrogens (tertiary/aromatic N) is 1. The monoisotopic (exact) mass is 173 g/mol. The maximum atomic E-state index is 11.4. The number of rotatable bonds is 1. The van der Waals surface area contributed by atoms with Gasteiger partial charge in [-0.3, -0.25) is 4.79 Å². The molecule has 0 aromatic rings. The van der Waals surface area contributed by atoms with Crippen molar-refractivity contribution in [1.29, 1.82) is 0 Å². The van der Waals surface area contributed by atoms with Crippen molar-refractivity contribution in [2.45, 2.75) is 25.7 Å². The van der Waals surface area contributed by atoms with Gasteiger partial charge in [-0.25, -0.2) is 0 Å². The molecule has 1 amide bonds. The third-order valence-electron chi connectivity index (χ3n) is 1.72. The van der Waals surface area contributed by atoms with E-state index in [2.05, 4.69) is 0 Å². The van der Waals surface area contributed by atoms with Gasteiger partial charge in [-0.15, -0.1) is 0 Å². The maximum absolute atomic E-state index is 11.4. The second-order valence-corrected chi connectivity index (χ2v) is 3.55. The van der Waals surface area contributed by atoms with Crippen LogP contribution in [0.1, 0.15) is 13.8 Å². The number of ether oxygens (including phenoxy) is 2. The first-order chi connectivity index (χ1) is 5.42. The molecule has 4 heteroatoms. The minimum absolute atomic E-state index is 0.0411. The molecule has 1 saturated heterocycles. The zero-order valence-electron chi connectivity index (χ0n) is 7.96. The van der Waals surface area contributed by atoms with Gasteiger partial charge in [0.2, 0.25) is 0 Å². The van der Waals surface area contributed by atoms with E-state index in [0.717, 1.165) is 0 Å². The predicted molar refractivity (Wildman–Crippen MR) is 43.6 cm³/mol. The number of carbonyl (C=O) groups is 1. The Hall–Kier alpha value is -0.610. The van der Waals surface area contributed by atoms with Gasteiger partial charge < -0.3 is 14.4 Å². The van der Waals surface area contributed by atoms with E-state index in [0.29, 0.717) is 6.61 Å². The molecule has 1 aliphatic rings. The van der Waals surface area contributed by atoms with Crippen LogP contribution in [-0.2, 0) is 14.3 Å². The molecule has 0 bridgehead atoms. The summed E-state index contributed by atoms with van der Waals surface area (Å²) in [6.45, 7) is 3.95. The van der Waals surface area contributed by atoms with Crippen LogP contribution in [0, 0.1) is 0 Å². The summed E-state index contributed by atoms with van der Waals surface area (Å²) in [5.41, 5.74) is 0. The Labute approximate surface area is 72.4 Å². The van der Waals surface area contributed by atoms with E-state index in [4.69, 9.17) is 9.47 Å². The van der Waals surface area contributed by atoms with E-state index < -0.39 is 11.9 Å². The van der Waals surface area contributed by atoms with Crippen molar-refractivity contribution >= 4 is 5.91 Å². The van der Waals surface area contributed by atoms with Crippen LogP contribution < -0.4 is 0 Å². The lowest BCUT2D eigenvalue weighted by molar-refractivity contribution is -0.158.